The second-order valence-electron chi connectivity index (χ2n) is 7.26. The molecule has 0 bridgehead atoms. The fraction of sp³-hybridized carbons (Fsp3) is 0.381. The van der Waals surface area contributed by atoms with E-state index in [0.717, 1.165) is 22.5 Å². The summed E-state index contributed by atoms with van der Waals surface area (Å²) in [7, 11) is 0. The van der Waals surface area contributed by atoms with Gasteiger partial charge in [0, 0.05) is 28.4 Å². The van der Waals surface area contributed by atoms with Gasteiger partial charge in [-0.25, -0.2) is 0 Å². The van der Waals surface area contributed by atoms with Crippen LogP contribution in [0.25, 0.3) is 11.1 Å². The Kier molecular flexibility index (Phi) is 5.73. The lowest BCUT2D eigenvalue weighted by atomic mass is 9.90. The van der Waals surface area contributed by atoms with Gasteiger partial charge in [0.15, 0.2) is 0 Å². The molecule has 1 amide bonds. The molecule has 0 radical (unpaired) electrons. The van der Waals surface area contributed by atoms with Crippen molar-refractivity contribution in [3.05, 3.63) is 48.3 Å². The molecule has 0 saturated carbocycles. The Morgan fingerprint density at radius 2 is 1.72 bits per heavy atom. The molecule has 0 aliphatic rings. The molecular weight excluding hydrogens is 312 g/mol. The summed E-state index contributed by atoms with van der Waals surface area (Å²) >= 11 is 0. The topological polar surface area (TPSA) is 59.1 Å². The highest BCUT2D eigenvalue weighted by atomic mass is 16.2. The van der Waals surface area contributed by atoms with Crippen molar-refractivity contribution in [3.8, 4) is 11.1 Å². The number of nitrogens with zero attached hydrogens (tertiary/aromatic N) is 1. The average Bonchev–Trinajstić information content (AvgIpc) is 2.55. The summed E-state index contributed by atoms with van der Waals surface area (Å²) in [5.41, 5.74) is 2.76. The van der Waals surface area contributed by atoms with Gasteiger partial charge in [-0.2, -0.15) is 0 Å². The minimum absolute atomic E-state index is 0.0519. The minimum Gasteiger partial charge on any atom is -0.325 e. The van der Waals surface area contributed by atoms with E-state index in [1.54, 1.807) is 13.1 Å². The third-order valence-corrected chi connectivity index (χ3v) is 4.21. The SMILES string of the molecule is CCC(C(C)=O)c1ncccc1-c1ccccc1NC(=O)C(C)(C)C. The summed E-state index contributed by atoms with van der Waals surface area (Å²) in [6.07, 6.45) is 2.40. The number of anilines is 1. The number of carbonyl (C=O) groups is 2. The van der Waals surface area contributed by atoms with Crippen molar-refractivity contribution in [2.24, 2.45) is 5.41 Å². The smallest absolute Gasteiger partial charge is 0.229 e. The summed E-state index contributed by atoms with van der Waals surface area (Å²) in [6, 6.07) is 11.5. The Balaban J connectivity index is 2.54. The zero-order valence-corrected chi connectivity index (χ0v) is 15.6. The van der Waals surface area contributed by atoms with Gasteiger partial charge in [0.2, 0.25) is 5.91 Å². The lowest BCUT2D eigenvalue weighted by Crippen LogP contribution is -2.27. The number of benzene rings is 1. The predicted molar refractivity (Wildman–Crippen MR) is 101 cm³/mol. The van der Waals surface area contributed by atoms with Crippen LogP contribution in [0.15, 0.2) is 42.6 Å². The van der Waals surface area contributed by atoms with E-state index in [0.29, 0.717) is 6.42 Å². The number of hydrogen-bond donors (Lipinski definition) is 1. The van der Waals surface area contributed by atoms with Gasteiger partial charge in [-0.1, -0.05) is 52.0 Å². The number of Topliss-reactive ketones (excluding diaryl/α,β-unsaturated/α-hetero) is 1. The van der Waals surface area contributed by atoms with Gasteiger partial charge < -0.3 is 5.32 Å². The van der Waals surface area contributed by atoms with Crippen molar-refractivity contribution >= 4 is 17.4 Å². The Hall–Kier alpha value is -2.49. The Bertz CT molecular complexity index is 775. The molecule has 1 atom stereocenters. The van der Waals surface area contributed by atoms with Crippen LogP contribution in [-0.4, -0.2) is 16.7 Å². The molecule has 25 heavy (non-hydrogen) atoms. The van der Waals surface area contributed by atoms with Crippen molar-refractivity contribution in [2.75, 3.05) is 5.32 Å². The molecule has 1 aromatic heterocycles. The van der Waals surface area contributed by atoms with Gasteiger partial charge in [-0.15, -0.1) is 0 Å². The molecule has 1 unspecified atom stereocenters. The van der Waals surface area contributed by atoms with Crippen LogP contribution in [0.1, 0.15) is 52.7 Å². The van der Waals surface area contributed by atoms with Crippen LogP contribution in [0, 0.1) is 5.41 Å². The fourth-order valence-electron chi connectivity index (χ4n) is 2.73. The van der Waals surface area contributed by atoms with Gasteiger partial charge in [0.05, 0.1) is 11.6 Å². The third kappa shape index (κ3) is 4.32. The molecule has 4 nitrogen and oxygen atoms in total. The van der Waals surface area contributed by atoms with Crippen LogP contribution in [-0.2, 0) is 9.59 Å². The largest absolute Gasteiger partial charge is 0.325 e. The summed E-state index contributed by atoms with van der Waals surface area (Å²) in [4.78, 5) is 28.9. The molecule has 0 spiro atoms. The van der Waals surface area contributed by atoms with Crippen molar-refractivity contribution in [1.82, 2.24) is 4.98 Å². The molecule has 4 heteroatoms. The fourth-order valence-corrected chi connectivity index (χ4v) is 2.73. The zero-order chi connectivity index (χ0) is 18.6. The maximum Gasteiger partial charge on any atom is 0.229 e. The molecule has 1 heterocycles. The molecule has 2 aromatic rings. The van der Waals surface area contributed by atoms with Crippen LogP contribution in [0.4, 0.5) is 5.69 Å². The summed E-state index contributed by atoms with van der Waals surface area (Å²) in [6.45, 7) is 9.22. The number of nitrogens with one attached hydrogen (secondary N) is 1. The van der Waals surface area contributed by atoms with E-state index in [1.807, 2.05) is 64.1 Å². The van der Waals surface area contributed by atoms with Crippen LogP contribution in [0.3, 0.4) is 0 Å². The van der Waals surface area contributed by atoms with E-state index in [1.165, 1.54) is 0 Å². The van der Waals surface area contributed by atoms with E-state index >= 15 is 0 Å². The minimum atomic E-state index is -0.490. The lowest BCUT2D eigenvalue weighted by Gasteiger charge is -2.21. The molecule has 0 saturated heterocycles. The number of amides is 1. The summed E-state index contributed by atoms with van der Waals surface area (Å²) in [5, 5.41) is 3.01. The highest BCUT2D eigenvalue weighted by molar-refractivity contribution is 5.99. The Morgan fingerprint density at radius 3 is 2.32 bits per heavy atom. The maximum atomic E-state index is 12.4. The quantitative estimate of drug-likeness (QED) is 0.850. The van der Waals surface area contributed by atoms with Crippen molar-refractivity contribution < 1.29 is 9.59 Å². The molecule has 0 fully saturated rings. The normalized spacial score (nSPS) is 12.5. The van der Waals surface area contributed by atoms with Gasteiger partial charge in [-0.3, -0.25) is 14.6 Å². The van der Waals surface area contributed by atoms with Crippen molar-refractivity contribution in [2.45, 2.75) is 47.0 Å². The number of hydrogen-bond acceptors (Lipinski definition) is 3. The molecular formula is C21H26N2O2. The molecule has 2 rings (SSSR count). The number of ketones is 1. The van der Waals surface area contributed by atoms with Crippen LogP contribution >= 0.6 is 0 Å². The highest BCUT2D eigenvalue weighted by Crippen LogP contribution is 2.35. The van der Waals surface area contributed by atoms with Gasteiger partial charge >= 0.3 is 0 Å². The number of aromatic nitrogens is 1. The van der Waals surface area contributed by atoms with Gasteiger partial charge in [-0.05, 0) is 25.5 Å². The standard InChI is InChI=1S/C21H26N2O2/c1-6-15(14(2)24)19-17(11-9-13-22-19)16-10-7-8-12-18(16)23-20(25)21(3,4)5/h7-13,15H,6H2,1-5H3,(H,23,25). The maximum absolute atomic E-state index is 12.4. The average molecular weight is 338 g/mol. The molecule has 0 aliphatic heterocycles. The zero-order valence-electron chi connectivity index (χ0n) is 15.6. The van der Waals surface area contributed by atoms with E-state index in [2.05, 4.69) is 10.3 Å². The van der Waals surface area contributed by atoms with Crippen LogP contribution in [0.5, 0.6) is 0 Å². The van der Waals surface area contributed by atoms with Crippen LogP contribution < -0.4 is 5.32 Å². The second kappa shape index (κ2) is 7.60. The summed E-state index contributed by atoms with van der Waals surface area (Å²) < 4.78 is 0. The molecule has 0 aliphatic carbocycles. The number of carbonyl (C=O) groups excluding carboxylic acids is 2. The van der Waals surface area contributed by atoms with Gasteiger partial charge in [0.25, 0.3) is 0 Å². The summed E-state index contributed by atoms with van der Waals surface area (Å²) in [5.74, 6) is -0.203. The molecule has 1 N–H and O–H groups in total. The first kappa shape index (κ1) is 18.8. The van der Waals surface area contributed by atoms with E-state index in [9.17, 15) is 9.59 Å². The first-order valence-electron chi connectivity index (χ1n) is 8.62. The third-order valence-electron chi connectivity index (χ3n) is 4.21. The van der Waals surface area contributed by atoms with Gasteiger partial charge in [0.1, 0.15) is 5.78 Å². The molecule has 1 aromatic carbocycles. The van der Waals surface area contributed by atoms with Crippen molar-refractivity contribution in [3.63, 3.8) is 0 Å². The van der Waals surface area contributed by atoms with Crippen LogP contribution in [0.2, 0.25) is 0 Å². The second-order valence-corrected chi connectivity index (χ2v) is 7.26. The first-order valence-corrected chi connectivity index (χ1v) is 8.62. The lowest BCUT2D eigenvalue weighted by molar-refractivity contribution is -0.123. The Morgan fingerprint density at radius 1 is 1.08 bits per heavy atom. The van der Waals surface area contributed by atoms with E-state index in [4.69, 9.17) is 0 Å². The Labute approximate surface area is 149 Å². The monoisotopic (exact) mass is 338 g/mol. The van der Waals surface area contributed by atoms with E-state index in [-0.39, 0.29) is 17.6 Å². The predicted octanol–water partition coefficient (Wildman–Crippen LogP) is 4.82. The number of rotatable bonds is 5. The van der Waals surface area contributed by atoms with Crippen molar-refractivity contribution in [1.29, 1.82) is 0 Å². The molecule has 132 valence electrons. The number of para-hydroxylation sites is 1. The first-order chi connectivity index (χ1) is 11.8. The number of pyridine rings is 1. The highest BCUT2D eigenvalue weighted by Gasteiger charge is 2.24. The van der Waals surface area contributed by atoms with E-state index < -0.39 is 5.41 Å².